The van der Waals surface area contributed by atoms with Crippen LogP contribution in [0.4, 0.5) is 11.6 Å². The summed E-state index contributed by atoms with van der Waals surface area (Å²) in [5.74, 6) is -0.304. The van der Waals surface area contributed by atoms with Crippen LogP contribution in [0, 0.1) is 17.0 Å². The number of nitrogens with one attached hydrogen (secondary N) is 2. The second-order valence-electron chi connectivity index (χ2n) is 3.79. The summed E-state index contributed by atoms with van der Waals surface area (Å²) in [6.07, 6.45) is 1.56. The van der Waals surface area contributed by atoms with Crippen LogP contribution in [-0.4, -0.2) is 20.8 Å². The van der Waals surface area contributed by atoms with E-state index in [0.717, 1.165) is 10.0 Å². The number of carbonyl (C=O) groups is 1. The summed E-state index contributed by atoms with van der Waals surface area (Å²) >= 11 is 3.27. The predicted octanol–water partition coefficient (Wildman–Crippen LogP) is 2.64. The van der Waals surface area contributed by atoms with E-state index in [0.29, 0.717) is 5.82 Å². The zero-order valence-electron chi connectivity index (χ0n) is 9.81. The fourth-order valence-electron chi connectivity index (χ4n) is 1.47. The predicted molar refractivity (Wildman–Crippen MR) is 72.1 cm³/mol. The van der Waals surface area contributed by atoms with E-state index in [9.17, 15) is 14.9 Å². The molecule has 0 saturated carbocycles. The molecule has 2 aromatic rings. The maximum absolute atomic E-state index is 11.9. The minimum absolute atomic E-state index is 0.107. The van der Waals surface area contributed by atoms with Crippen molar-refractivity contribution in [3.8, 4) is 0 Å². The first-order chi connectivity index (χ1) is 8.97. The van der Waals surface area contributed by atoms with E-state index in [1.807, 2.05) is 0 Å². The summed E-state index contributed by atoms with van der Waals surface area (Å²) in [5.41, 5.74) is 0.889. The van der Waals surface area contributed by atoms with Crippen molar-refractivity contribution in [2.24, 2.45) is 0 Å². The number of rotatable bonds is 3. The van der Waals surface area contributed by atoms with Crippen LogP contribution in [0.2, 0.25) is 0 Å². The van der Waals surface area contributed by atoms with Crippen molar-refractivity contribution in [1.82, 2.24) is 9.97 Å². The Morgan fingerprint density at radius 2 is 2.26 bits per heavy atom. The number of aromatic nitrogens is 2. The fraction of sp³-hybridized carbons (Fsp3) is 0.0909. The van der Waals surface area contributed by atoms with Crippen LogP contribution in [0.1, 0.15) is 16.1 Å². The molecule has 2 aromatic heterocycles. The number of H-pyrrole nitrogens is 1. The van der Waals surface area contributed by atoms with Gasteiger partial charge < -0.3 is 15.4 Å². The van der Waals surface area contributed by atoms with E-state index in [2.05, 4.69) is 31.2 Å². The first-order valence-corrected chi connectivity index (χ1v) is 6.03. The lowest BCUT2D eigenvalue weighted by Gasteiger charge is -2.05. The third-order valence-electron chi connectivity index (χ3n) is 2.39. The molecule has 0 aliphatic heterocycles. The van der Waals surface area contributed by atoms with E-state index in [-0.39, 0.29) is 11.5 Å². The Hall–Kier alpha value is -2.22. The number of aromatic amines is 1. The number of anilines is 1. The van der Waals surface area contributed by atoms with Crippen molar-refractivity contribution in [1.29, 1.82) is 0 Å². The van der Waals surface area contributed by atoms with Crippen molar-refractivity contribution in [2.45, 2.75) is 6.92 Å². The molecule has 0 atom stereocenters. The van der Waals surface area contributed by atoms with Crippen LogP contribution in [0.15, 0.2) is 28.9 Å². The Labute approximate surface area is 116 Å². The number of carbonyl (C=O) groups excluding carboxylic acids is 1. The highest BCUT2D eigenvalue weighted by Crippen LogP contribution is 2.18. The minimum atomic E-state index is -0.597. The highest BCUT2D eigenvalue weighted by atomic mass is 79.9. The molecule has 1 amide bonds. The molecule has 0 saturated heterocycles. The number of pyridine rings is 1. The van der Waals surface area contributed by atoms with Gasteiger partial charge in [-0.1, -0.05) is 0 Å². The average molecular weight is 325 g/mol. The fourth-order valence-corrected chi connectivity index (χ4v) is 1.91. The lowest BCUT2D eigenvalue weighted by molar-refractivity contribution is -0.389. The molecule has 0 aliphatic rings. The normalized spacial score (nSPS) is 10.2. The monoisotopic (exact) mass is 324 g/mol. The topological polar surface area (TPSA) is 101 Å². The van der Waals surface area contributed by atoms with Crippen LogP contribution in [0.25, 0.3) is 0 Å². The smallest absolute Gasteiger partial charge is 0.321 e. The number of nitrogens with zero attached hydrogens (tertiary/aromatic N) is 2. The third-order valence-corrected chi connectivity index (χ3v) is 2.82. The highest BCUT2D eigenvalue weighted by Gasteiger charge is 2.16. The SMILES string of the molecule is Cc1cc(Br)cnc1NC(=O)c1ccc([N+](=O)[O-])[nH]1. The Morgan fingerprint density at radius 1 is 1.53 bits per heavy atom. The summed E-state index contributed by atoms with van der Waals surface area (Å²) in [4.78, 5) is 28.3. The Balaban J connectivity index is 2.18. The molecule has 19 heavy (non-hydrogen) atoms. The van der Waals surface area contributed by atoms with Gasteiger partial charge in [-0.2, -0.15) is 0 Å². The first-order valence-electron chi connectivity index (χ1n) is 5.24. The van der Waals surface area contributed by atoms with Gasteiger partial charge in [0.2, 0.25) is 0 Å². The van der Waals surface area contributed by atoms with Gasteiger partial charge in [-0.15, -0.1) is 0 Å². The number of halogens is 1. The first kappa shape index (κ1) is 13.2. The number of nitro groups is 1. The van der Waals surface area contributed by atoms with Crippen LogP contribution in [0.5, 0.6) is 0 Å². The molecule has 0 bridgehead atoms. The molecule has 2 heterocycles. The number of amides is 1. The lowest BCUT2D eigenvalue weighted by Crippen LogP contribution is -2.14. The summed E-state index contributed by atoms with van der Waals surface area (Å²) in [6, 6.07) is 4.39. The molecule has 0 aliphatic carbocycles. The van der Waals surface area contributed by atoms with Gasteiger partial charge in [0.05, 0.1) is 0 Å². The van der Waals surface area contributed by atoms with Crippen LogP contribution in [0.3, 0.4) is 0 Å². The van der Waals surface area contributed by atoms with Crippen molar-refractivity contribution in [2.75, 3.05) is 5.32 Å². The third kappa shape index (κ3) is 2.97. The van der Waals surface area contributed by atoms with E-state index >= 15 is 0 Å². The number of aryl methyl sites for hydroxylation is 1. The van der Waals surface area contributed by atoms with Gasteiger partial charge in [0.1, 0.15) is 5.82 Å². The summed E-state index contributed by atoms with van der Waals surface area (Å²) in [6.45, 7) is 1.80. The minimum Gasteiger partial charge on any atom is -0.358 e. The van der Waals surface area contributed by atoms with Crippen molar-refractivity contribution >= 4 is 33.5 Å². The standard InChI is InChI=1S/C11H9BrN4O3/c1-6-4-7(12)5-13-10(6)15-11(17)8-2-3-9(14-8)16(18)19/h2-5,14H,1H3,(H,13,15,17). The molecule has 0 radical (unpaired) electrons. The zero-order valence-corrected chi connectivity index (χ0v) is 11.4. The van der Waals surface area contributed by atoms with Gasteiger partial charge in [0, 0.05) is 16.7 Å². The van der Waals surface area contributed by atoms with Crippen LogP contribution < -0.4 is 5.32 Å². The second-order valence-corrected chi connectivity index (χ2v) is 4.70. The van der Waals surface area contributed by atoms with Crippen molar-refractivity contribution in [3.63, 3.8) is 0 Å². The molecule has 8 heteroatoms. The van der Waals surface area contributed by atoms with Crippen molar-refractivity contribution in [3.05, 3.63) is 50.2 Å². The van der Waals surface area contributed by atoms with Crippen molar-refractivity contribution < 1.29 is 9.72 Å². The summed E-state index contributed by atoms with van der Waals surface area (Å²) < 4.78 is 0.804. The molecule has 0 spiro atoms. The molecule has 2 N–H and O–H groups in total. The van der Waals surface area contributed by atoms with Gasteiger partial charge >= 0.3 is 5.82 Å². The van der Waals surface area contributed by atoms with Gasteiger partial charge in [-0.25, -0.2) is 9.97 Å². The van der Waals surface area contributed by atoms with Crippen LogP contribution >= 0.6 is 15.9 Å². The molecular weight excluding hydrogens is 316 g/mol. The maximum Gasteiger partial charge on any atom is 0.321 e. The largest absolute Gasteiger partial charge is 0.358 e. The quantitative estimate of drug-likeness (QED) is 0.669. The molecule has 0 aromatic carbocycles. The van der Waals surface area contributed by atoms with Crippen LogP contribution in [-0.2, 0) is 0 Å². The average Bonchev–Trinajstić information content (AvgIpc) is 2.82. The summed E-state index contributed by atoms with van der Waals surface area (Å²) in [5, 5.41) is 13.1. The van der Waals surface area contributed by atoms with Gasteiger partial charge in [0.25, 0.3) is 5.91 Å². The Kier molecular flexibility index (Phi) is 3.61. The Bertz CT molecular complexity index is 653. The van der Waals surface area contributed by atoms with Gasteiger partial charge in [-0.3, -0.25) is 4.79 Å². The molecule has 0 fully saturated rings. The number of hydrogen-bond donors (Lipinski definition) is 2. The lowest BCUT2D eigenvalue weighted by atomic mass is 10.3. The van der Waals surface area contributed by atoms with Gasteiger partial charge in [0.15, 0.2) is 5.69 Å². The molecular formula is C11H9BrN4O3. The highest BCUT2D eigenvalue weighted by molar-refractivity contribution is 9.10. The van der Waals surface area contributed by atoms with E-state index in [1.165, 1.54) is 12.1 Å². The second kappa shape index (κ2) is 5.19. The van der Waals surface area contributed by atoms with E-state index in [1.54, 1.807) is 19.2 Å². The van der Waals surface area contributed by atoms with Gasteiger partial charge in [-0.05, 0) is 45.5 Å². The molecule has 2 rings (SSSR count). The maximum atomic E-state index is 11.9. The molecule has 7 nitrogen and oxygen atoms in total. The Morgan fingerprint density at radius 3 is 2.84 bits per heavy atom. The van der Waals surface area contributed by atoms with E-state index < -0.39 is 10.8 Å². The molecule has 98 valence electrons. The van der Waals surface area contributed by atoms with E-state index in [4.69, 9.17) is 0 Å². The summed E-state index contributed by atoms with van der Waals surface area (Å²) in [7, 11) is 0. The number of hydrogen-bond acceptors (Lipinski definition) is 4. The zero-order chi connectivity index (χ0) is 14.0. The molecule has 0 unspecified atom stereocenters.